The fourth-order valence-corrected chi connectivity index (χ4v) is 1.99. The van der Waals surface area contributed by atoms with Gasteiger partial charge in [0.2, 0.25) is 5.91 Å². The van der Waals surface area contributed by atoms with Crippen molar-refractivity contribution in [2.24, 2.45) is 0 Å². The summed E-state index contributed by atoms with van der Waals surface area (Å²) in [6.45, 7) is 0.0379. The Morgan fingerprint density at radius 1 is 1.32 bits per heavy atom. The summed E-state index contributed by atoms with van der Waals surface area (Å²) in [6.07, 6.45) is 3.31. The summed E-state index contributed by atoms with van der Waals surface area (Å²) in [5.74, 6) is -0.302. The number of nitrogens with one attached hydrogen (secondary N) is 1. The fraction of sp³-hybridized carbons (Fsp3) is 0.429. The van der Waals surface area contributed by atoms with E-state index in [9.17, 15) is 9.59 Å². The minimum atomic E-state index is -0.254. The first-order valence-electron chi connectivity index (χ1n) is 6.47. The molecule has 1 aromatic rings. The molecule has 0 unspecified atom stereocenters. The van der Waals surface area contributed by atoms with Crippen molar-refractivity contribution in [2.45, 2.75) is 25.3 Å². The van der Waals surface area contributed by atoms with E-state index < -0.39 is 0 Å². The molecule has 5 nitrogen and oxygen atoms in total. The number of likely N-dealkylation sites (N-methyl/N-ethyl adjacent to an activating group) is 1. The van der Waals surface area contributed by atoms with Crippen molar-refractivity contribution in [2.75, 3.05) is 19.3 Å². The van der Waals surface area contributed by atoms with Gasteiger partial charge in [-0.25, -0.2) is 0 Å². The van der Waals surface area contributed by atoms with Gasteiger partial charge < -0.3 is 16.0 Å². The van der Waals surface area contributed by atoms with Gasteiger partial charge in [-0.1, -0.05) is 0 Å². The lowest BCUT2D eigenvalue weighted by molar-refractivity contribution is -0.132. The molecule has 102 valence electrons. The van der Waals surface area contributed by atoms with Crippen molar-refractivity contribution in [3.05, 3.63) is 29.8 Å². The largest absolute Gasteiger partial charge is 0.399 e. The molecule has 0 atom stereocenters. The van der Waals surface area contributed by atoms with E-state index in [-0.39, 0.29) is 18.4 Å². The van der Waals surface area contributed by atoms with Crippen LogP contribution in [0.3, 0.4) is 0 Å². The van der Waals surface area contributed by atoms with Crippen molar-refractivity contribution in [1.29, 1.82) is 0 Å². The first-order chi connectivity index (χ1) is 9.08. The van der Waals surface area contributed by atoms with Gasteiger partial charge in [0.15, 0.2) is 0 Å². The minimum Gasteiger partial charge on any atom is -0.399 e. The second kappa shape index (κ2) is 5.73. The third kappa shape index (κ3) is 3.24. The predicted molar refractivity (Wildman–Crippen MR) is 73.6 cm³/mol. The summed E-state index contributed by atoms with van der Waals surface area (Å²) < 4.78 is 0. The average molecular weight is 261 g/mol. The van der Waals surface area contributed by atoms with Crippen LogP contribution in [0.2, 0.25) is 0 Å². The van der Waals surface area contributed by atoms with Gasteiger partial charge in [0.05, 0.1) is 6.54 Å². The van der Waals surface area contributed by atoms with E-state index in [1.807, 2.05) is 0 Å². The van der Waals surface area contributed by atoms with E-state index in [2.05, 4.69) is 5.32 Å². The number of benzene rings is 1. The van der Waals surface area contributed by atoms with Crippen LogP contribution in [0.5, 0.6) is 0 Å². The van der Waals surface area contributed by atoms with Crippen molar-refractivity contribution in [3.8, 4) is 0 Å². The van der Waals surface area contributed by atoms with E-state index >= 15 is 0 Å². The van der Waals surface area contributed by atoms with E-state index in [0.717, 1.165) is 12.8 Å². The number of anilines is 1. The lowest BCUT2D eigenvalue weighted by atomic mass is 9.92. The molecule has 1 saturated carbocycles. The molecule has 1 aliphatic carbocycles. The molecule has 2 rings (SSSR count). The molecule has 0 saturated heterocycles. The summed E-state index contributed by atoms with van der Waals surface area (Å²) >= 11 is 0. The Hall–Kier alpha value is -2.04. The second-order valence-corrected chi connectivity index (χ2v) is 4.89. The molecule has 0 bridgehead atoms. The van der Waals surface area contributed by atoms with Gasteiger partial charge in [-0.15, -0.1) is 0 Å². The molecular weight excluding hydrogens is 242 g/mol. The molecule has 0 aliphatic heterocycles. The molecule has 1 fully saturated rings. The molecule has 3 N–H and O–H groups in total. The van der Waals surface area contributed by atoms with Gasteiger partial charge >= 0.3 is 0 Å². The quantitative estimate of drug-likeness (QED) is 0.794. The third-order valence-electron chi connectivity index (χ3n) is 3.59. The first-order valence-corrected chi connectivity index (χ1v) is 6.47. The summed E-state index contributed by atoms with van der Waals surface area (Å²) in [4.78, 5) is 25.4. The van der Waals surface area contributed by atoms with Gasteiger partial charge in [0.25, 0.3) is 5.91 Å². The topological polar surface area (TPSA) is 75.4 Å². The van der Waals surface area contributed by atoms with E-state index in [4.69, 9.17) is 5.73 Å². The van der Waals surface area contributed by atoms with Crippen LogP contribution in [0.4, 0.5) is 5.69 Å². The van der Waals surface area contributed by atoms with E-state index in [1.165, 1.54) is 6.42 Å². The van der Waals surface area contributed by atoms with Crippen molar-refractivity contribution in [3.63, 3.8) is 0 Å². The van der Waals surface area contributed by atoms with Crippen molar-refractivity contribution < 1.29 is 9.59 Å². The number of hydrogen-bond donors (Lipinski definition) is 2. The summed E-state index contributed by atoms with van der Waals surface area (Å²) in [7, 11) is 1.79. The molecule has 0 spiro atoms. The standard InChI is InChI=1S/C14H19N3O2/c1-17(12-3-2-4-12)13(18)9-16-14(19)10-5-7-11(15)8-6-10/h5-8,12H,2-4,9,15H2,1H3,(H,16,19). The highest BCUT2D eigenvalue weighted by Gasteiger charge is 2.25. The Morgan fingerprint density at radius 2 is 1.95 bits per heavy atom. The SMILES string of the molecule is CN(C(=O)CNC(=O)c1ccc(N)cc1)C1CCC1. The Bertz CT molecular complexity index is 466. The first kappa shape index (κ1) is 13.4. The van der Waals surface area contributed by atoms with Gasteiger partial charge in [0, 0.05) is 24.3 Å². The summed E-state index contributed by atoms with van der Waals surface area (Å²) in [5, 5.41) is 2.63. The number of carbonyl (C=O) groups excluding carboxylic acids is 2. The molecule has 0 heterocycles. The van der Waals surface area contributed by atoms with Gasteiger partial charge in [-0.3, -0.25) is 9.59 Å². The Balaban J connectivity index is 1.82. The number of nitrogen functional groups attached to an aromatic ring is 1. The number of nitrogens with zero attached hydrogens (tertiary/aromatic N) is 1. The monoisotopic (exact) mass is 261 g/mol. The predicted octanol–water partition coefficient (Wildman–Crippen LogP) is 1.01. The highest BCUT2D eigenvalue weighted by Crippen LogP contribution is 2.23. The summed E-state index contributed by atoms with van der Waals surface area (Å²) in [5.41, 5.74) is 6.67. The van der Waals surface area contributed by atoms with Crippen LogP contribution in [-0.2, 0) is 4.79 Å². The average Bonchev–Trinajstić information content (AvgIpc) is 2.34. The minimum absolute atomic E-state index is 0.0379. The lowest BCUT2D eigenvalue weighted by Crippen LogP contribution is -2.45. The smallest absolute Gasteiger partial charge is 0.251 e. The molecule has 2 amide bonds. The number of hydrogen-bond acceptors (Lipinski definition) is 3. The maximum atomic E-state index is 11.9. The lowest BCUT2D eigenvalue weighted by Gasteiger charge is -2.34. The van der Waals surface area contributed by atoms with Crippen LogP contribution in [-0.4, -0.2) is 36.3 Å². The van der Waals surface area contributed by atoms with Gasteiger partial charge in [0.1, 0.15) is 0 Å². The Morgan fingerprint density at radius 3 is 2.47 bits per heavy atom. The van der Waals surface area contributed by atoms with Crippen LogP contribution in [0, 0.1) is 0 Å². The fourth-order valence-electron chi connectivity index (χ4n) is 1.99. The van der Waals surface area contributed by atoms with Crippen molar-refractivity contribution in [1.82, 2.24) is 10.2 Å². The highest BCUT2D eigenvalue weighted by atomic mass is 16.2. The van der Waals surface area contributed by atoms with Gasteiger partial charge in [-0.2, -0.15) is 0 Å². The van der Waals surface area contributed by atoms with Crippen LogP contribution >= 0.6 is 0 Å². The molecular formula is C14H19N3O2. The normalized spacial score (nSPS) is 14.6. The van der Waals surface area contributed by atoms with Crippen LogP contribution in [0.1, 0.15) is 29.6 Å². The molecule has 0 aromatic heterocycles. The van der Waals surface area contributed by atoms with Crippen LogP contribution in [0.15, 0.2) is 24.3 Å². The molecule has 1 aliphatic rings. The van der Waals surface area contributed by atoms with E-state index in [1.54, 1.807) is 36.2 Å². The maximum absolute atomic E-state index is 11.9. The zero-order chi connectivity index (χ0) is 13.8. The third-order valence-corrected chi connectivity index (χ3v) is 3.59. The molecule has 5 heteroatoms. The Labute approximate surface area is 112 Å². The maximum Gasteiger partial charge on any atom is 0.251 e. The molecule has 1 aromatic carbocycles. The van der Waals surface area contributed by atoms with Gasteiger partial charge in [-0.05, 0) is 43.5 Å². The number of rotatable bonds is 4. The Kier molecular flexibility index (Phi) is 4.04. The van der Waals surface area contributed by atoms with Crippen LogP contribution < -0.4 is 11.1 Å². The zero-order valence-corrected chi connectivity index (χ0v) is 11.1. The number of nitrogens with two attached hydrogens (primary N) is 1. The van der Waals surface area contributed by atoms with Crippen molar-refractivity contribution >= 4 is 17.5 Å². The number of amides is 2. The van der Waals surface area contributed by atoms with Crippen LogP contribution in [0.25, 0.3) is 0 Å². The number of carbonyl (C=O) groups is 2. The molecule has 0 radical (unpaired) electrons. The second-order valence-electron chi connectivity index (χ2n) is 4.89. The zero-order valence-electron chi connectivity index (χ0n) is 11.1. The molecule has 19 heavy (non-hydrogen) atoms. The highest BCUT2D eigenvalue weighted by molar-refractivity contribution is 5.96. The summed E-state index contributed by atoms with van der Waals surface area (Å²) in [6, 6.07) is 6.96. The van der Waals surface area contributed by atoms with E-state index in [0.29, 0.717) is 17.3 Å².